The molecule has 0 aliphatic rings. The van der Waals surface area contributed by atoms with E-state index in [1.807, 2.05) is 42.5 Å². The van der Waals surface area contributed by atoms with Gasteiger partial charge in [0.2, 0.25) is 0 Å². The molecule has 3 heteroatoms. The summed E-state index contributed by atoms with van der Waals surface area (Å²) in [6.07, 6.45) is 0. The molecule has 3 nitrogen and oxygen atoms in total. The molecule has 0 bridgehead atoms. The first-order valence-corrected chi connectivity index (χ1v) is 5.51. The molecule has 0 atom stereocenters. The lowest BCUT2D eigenvalue weighted by Gasteiger charge is -2.06. The van der Waals surface area contributed by atoms with E-state index < -0.39 is 0 Å². The van der Waals surface area contributed by atoms with Crippen molar-refractivity contribution in [3.63, 3.8) is 0 Å². The summed E-state index contributed by atoms with van der Waals surface area (Å²) in [5, 5.41) is 9.28. The van der Waals surface area contributed by atoms with Gasteiger partial charge >= 0.3 is 0 Å². The number of hydrogen-bond donors (Lipinski definition) is 2. The maximum Gasteiger partial charge on any atom is 0.115 e. The van der Waals surface area contributed by atoms with Gasteiger partial charge in [-0.25, -0.2) is 0 Å². The molecule has 17 heavy (non-hydrogen) atoms. The molecular weight excluding hydrogens is 214 g/mol. The van der Waals surface area contributed by atoms with Crippen LogP contribution in [0.5, 0.6) is 5.75 Å². The predicted octanol–water partition coefficient (Wildman–Crippen LogP) is 2.61. The van der Waals surface area contributed by atoms with Gasteiger partial charge < -0.3 is 5.11 Å². The van der Waals surface area contributed by atoms with Crippen LogP contribution in [0.1, 0.15) is 11.1 Å². The van der Waals surface area contributed by atoms with Gasteiger partial charge in [0, 0.05) is 6.54 Å². The van der Waals surface area contributed by atoms with Crippen LogP contribution in [0.4, 0.5) is 0 Å². The summed E-state index contributed by atoms with van der Waals surface area (Å²) in [6, 6.07) is 17.0. The van der Waals surface area contributed by atoms with Crippen LogP contribution in [-0.4, -0.2) is 5.11 Å². The molecule has 0 unspecified atom stereocenters. The minimum atomic E-state index is 0.271. The molecule has 2 rings (SSSR count). The fourth-order valence-corrected chi connectivity index (χ4v) is 1.51. The maximum atomic E-state index is 9.28. The lowest BCUT2D eigenvalue weighted by molar-refractivity contribution is 0.0235. The lowest BCUT2D eigenvalue weighted by Crippen LogP contribution is -2.13. The first kappa shape index (κ1) is 11.6. The molecule has 0 saturated carbocycles. The van der Waals surface area contributed by atoms with E-state index in [1.54, 1.807) is 12.1 Å². The summed E-state index contributed by atoms with van der Waals surface area (Å²) in [5.74, 6) is 0.271. The quantitative estimate of drug-likeness (QED) is 0.611. The van der Waals surface area contributed by atoms with Gasteiger partial charge in [-0.3, -0.25) is 4.84 Å². The minimum Gasteiger partial charge on any atom is -0.508 e. The van der Waals surface area contributed by atoms with Crippen molar-refractivity contribution < 1.29 is 9.94 Å². The Hall–Kier alpha value is -1.84. The SMILES string of the molecule is Oc1cccc(CNOCc2ccccc2)c1. The van der Waals surface area contributed by atoms with Gasteiger partial charge in [0.15, 0.2) is 0 Å². The van der Waals surface area contributed by atoms with E-state index in [-0.39, 0.29) is 5.75 Å². The number of phenolic OH excluding ortho intramolecular Hbond substituents is 1. The Kier molecular flexibility index (Phi) is 4.13. The minimum absolute atomic E-state index is 0.271. The van der Waals surface area contributed by atoms with Crippen LogP contribution in [0.3, 0.4) is 0 Å². The van der Waals surface area contributed by atoms with E-state index in [0.29, 0.717) is 13.2 Å². The van der Waals surface area contributed by atoms with Gasteiger partial charge in [-0.15, -0.1) is 0 Å². The monoisotopic (exact) mass is 229 g/mol. The highest BCUT2D eigenvalue weighted by molar-refractivity contribution is 5.26. The molecule has 0 aromatic heterocycles. The van der Waals surface area contributed by atoms with Crippen LogP contribution >= 0.6 is 0 Å². The smallest absolute Gasteiger partial charge is 0.115 e. The van der Waals surface area contributed by atoms with Gasteiger partial charge in [-0.2, -0.15) is 5.48 Å². The summed E-state index contributed by atoms with van der Waals surface area (Å²) < 4.78 is 0. The number of nitrogens with one attached hydrogen (secondary N) is 1. The van der Waals surface area contributed by atoms with Crippen LogP contribution in [0, 0.1) is 0 Å². The first-order chi connectivity index (χ1) is 8.34. The van der Waals surface area contributed by atoms with E-state index >= 15 is 0 Å². The highest BCUT2D eigenvalue weighted by Gasteiger charge is 1.95. The van der Waals surface area contributed by atoms with Crippen molar-refractivity contribution in [1.29, 1.82) is 0 Å². The summed E-state index contributed by atoms with van der Waals surface area (Å²) in [7, 11) is 0. The third kappa shape index (κ3) is 3.90. The van der Waals surface area contributed by atoms with Gasteiger partial charge in [0.05, 0.1) is 6.61 Å². The van der Waals surface area contributed by atoms with Crippen molar-refractivity contribution >= 4 is 0 Å². The van der Waals surface area contributed by atoms with E-state index in [4.69, 9.17) is 4.84 Å². The Morgan fingerprint density at radius 2 is 1.71 bits per heavy atom. The molecule has 0 heterocycles. The number of hydroxylamine groups is 1. The van der Waals surface area contributed by atoms with Crippen LogP contribution in [-0.2, 0) is 18.0 Å². The second-order valence-corrected chi connectivity index (χ2v) is 3.77. The number of benzene rings is 2. The fourth-order valence-electron chi connectivity index (χ4n) is 1.51. The van der Waals surface area contributed by atoms with Gasteiger partial charge in [0.25, 0.3) is 0 Å². The highest BCUT2D eigenvalue weighted by atomic mass is 16.6. The van der Waals surface area contributed by atoms with Crippen molar-refractivity contribution in [2.45, 2.75) is 13.2 Å². The fraction of sp³-hybridized carbons (Fsp3) is 0.143. The maximum absolute atomic E-state index is 9.28. The zero-order chi connectivity index (χ0) is 11.9. The molecule has 0 amide bonds. The summed E-state index contributed by atoms with van der Waals surface area (Å²) in [5.41, 5.74) is 4.97. The van der Waals surface area contributed by atoms with Gasteiger partial charge in [-0.05, 0) is 23.3 Å². The molecule has 0 spiro atoms. The Morgan fingerprint density at radius 1 is 0.941 bits per heavy atom. The Bertz CT molecular complexity index is 457. The molecule has 0 aliphatic heterocycles. The Labute approximate surface area is 101 Å². The number of rotatable bonds is 5. The summed E-state index contributed by atoms with van der Waals surface area (Å²) in [4.78, 5) is 5.33. The van der Waals surface area contributed by atoms with Crippen LogP contribution < -0.4 is 5.48 Å². The predicted molar refractivity (Wildman–Crippen MR) is 66.2 cm³/mol. The lowest BCUT2D eigenvalue weighted by atomic mass is 10.2. The average Bonchev–Trinajstić information content (AvgIpc) is 2.36. The average molecular weight is 229 g/mol. The third-order valence-electron chi connectivity index (χ3n) is 2.37. The van der Waals surface area contributed by atoms with Gasteiger partial charge in [0.1, 0.15) is 5.75 Å². The highest BCUT2D eigenvalue weighted by Crippen LogP contribution is 2.10. The van der Waals surface area contributed by atoms with E-state index in [2.05, 4.69) is 5.48 Å². The first-order valence-electron chi connectivity index (χ1n) is 5.51. The van der Waals surface area contributed by atoms with Crippen LogP contribution in [0.25, 0.3) is 0 Å². The second kappa shape index (κ2) is 6.03. The van der Waals surface area contributed by atoms with E-state index in [0.717, 1.165) is 11.1 Å². The molecule has 0 fully saturated rings. The number of hydrogen-bond acceptors (Lipinski definition) is 3. The Balaban J connectivity index is 1.73. The Morgan fingerprint density at radius 3 is 2.47 bits per heavy atom. The molecule has 0 radical (unpaired) electrons. The molecule has 0 aliphatic carbocycles. The van der Waals surface area contributed by atoms with Crippen molar-refractivity contribution in [2.75, 3.05) is 0 Å². The topological polar surface area (TPSA) is 41.5 Å². The summed E-state index contributed by atoms with van der Waals surface area (Å²) in [6.45, 7) is 1.10. The third-order valence-corrected chi connectivity index (χ3v) is 2.37. The molecule has 2 aromatic rings. The van der Waals surface area contributed by atoms with Crippen LogP contribution in [0.2, 0.25) is 0 Å². The van der Waals surface area contributed by atoms with E-state index in [1.165, 1.54) is 0 Å². The van der Waals surface area contributed by atoms with Gasteiger partial charge in [-0.1, -0.05) is 42.5 Å². The largest absolute Gasteiger partial charge is 0.508 e. The molecule has 0 saturated heterocycles. The molecule has 88 valence electrons. The van der Waals surface area contributed by atoms with Crippen molar-refractivity contribution in [2.24, 2.45) is 0 Å². The van der Waals surface area contributed by atoms with E-state index in [9.17, 15) is 5.11 Å². The van der Waals surface area contributed by atoms with Crippen LogP contribution in [0.15, 0.2) is 54.6 Å². The molecule has 2 N–H and O–H groups in total. The molecular formula is C14H15NO2. The zero-order valence-corrected chi connectivity index (χ0v) is 9.47. The zero-order valence-electron chi connectivity index (χ0n) is 9.47. The standard InChI is InChI=1S/C14H15NO2/c16-14-8-4-7-13(9-14)10-15-17-11-12-5-2-1-3-6-12/h1-9,15-16H,10-11H2. The number of aromatic hydroxyl groups is 1. The molecule has 2 aromatic carbocycles. The number of phenols is 1. The summed E-state index contributed by atoms with van der Waals surface area (Å²) >= 11 is 0. The van der Waals surface area contributed by atoms with Crippen molar-refractivity contribution in [3.05, 3.63) is 65.7 Å². The van der Waals surface area contributed by atoms with Crippen molar-refractivity contribution in [1.82, 2.24) is 5.48 Å². The second-order valence-electron chi connectivity index (χ2n) is 3.77. The normalized spacial score (nSPS) is 10.4. The van der Waals surface area contributed by atoms with Crippen molar-refractivity contribution in [3.8, 4) is 5.75 Å².